The van der Waals surface area contributed by atoms with Crippen molar-refractivity contribution in [1.82, 2.24) is 19.6 Å². The van der Waals surface area contributed by atoms with E-state index in [1.807, 2.05) is 9.80 Å². The van der Waals surface area contributed by atoms with Crippen LogP contribution >= 0.6 is 0 Å². The molecular formula is C21H38N4O2. The SMILES string of the molecule is O=C(CCN1CCCCC1)N1CCCN(C(=O)CCN2CCCCC2)CC1. The van der Waals surface area contributed by atoms with Crippen LogP contribution in [0.2, 0.25) is 0 Å². The van der Waals surface area contributed by atoms with Crippen molar-refractivity contribution in [1.29, 1.82) is 0 Å². The summed E-state index contributed by atoms with van der Waals surface area (Å²) >= 11 is 0. The highest BCUT2D eigenvalue weighted by molar-refractivity contribution is 5.78. The topological polar surface area (TPSA) is 47.1 Å². The van der Waals surface area contributed by atoms with E-state index < -0.39 is 0 Å². The van der Waals surface area contributed by atoms with E-state index in [4.69, 9.17) is 0 Å². The number of amides is 2. The average Bonchev–Trinajstić information content (AvgIpc) is 2.98. The van der Waals surface area contributed by atoms with Gasteiger partial charge in [0.15, 0.2) is 0 Å². The second-order valence-corrected chi connectivity index (χ2v) is 8.42. The van der Waals surface area contributed by atoms with Crippen LogP contribution in [-0.2, 0) is 9.59 Å². The van der Waals surface area contributed by atoms with Gasteiger partial charge < -0.3 is 19.6 Å². The summed E-state index contributed by atoms with van der Waals surface area (Å²) in [4.78, 5) is 34.0. The normalized spacial score (nSPS) is 23.3. The van der Waals surface area contributed by atoms with Crippen LogP contribution in [0.5, 0.6) is 0 Å². The van der Waals surface area contributed by atoms with Gasteiger partial charge in [0.25, 0.3) is 0 Å². The summed E-state index contributed by atoms with van der Waals surface area (Å²) in [6, 6.07) is 0. The van der Waals surface area contributed by atoms with Crippen molar-refractivity contribution in [3.8, 4) is 0 Å². The number of likely N-dealkylation sites (tertiary alicyclic amines) is 2. The van der Waals surface area contributed by atoms with E-state index in [2.05, 4.69) is 9.80 Å². The van der Waals surface area contributed by atoms with Gasteiger partial charge in [-0.3, -0.25) is 9.59 Å². The van der Waals surface area contributed by atoms with Crippen molar-refractivity contribution in [2.45, 2.75) is 57.8 Å². The van der Waals surface area contributed by atoms with Crippen LogP contribution in [0.1, 0.15) is 57.8 Å². The molecule has 0 aromatic rings. The molecule has 0 saturated carbocycles. The Morgan fingerprint density at radius 2 is 0.889 bits per heavy atom. The zero-order valence-corrected chi connectivity index (χ0v) is 17.0. The summed E-state index contributed by atoms with van der Waals surface area (Å²) in [5.41, 5.74) is 0. The van der Waals surface area contributed by atoms with Gasteiger partial charge in [0.05, 0.1) is 0 Å². The van der Waals surface area contributed by atoms with Gasteiger partial charge in [0.1, 0.15) is 0 Å². The van der Waals surface area contributed by atoms with Crippen LogP contribution in [0, 0.1) is 0 Å². The maximum atomic E-state index is 12.6. The van der Waals surface area contributed by atoms with E-state index in [1.165, 1.54) is 38.5 Å². The predicted octanol–water partition coefficient (Wildman–Crippen LogP) is 1.80. The maximum Gasteiger partial charge on any atom is 0.223 e. The van der Waals surface area contributed by atoms with Crippen molar-refractivity contribution < 1.29 is 9.59 Å². The zero-order chi connectivity index (χ0) is 18.9. The Labute approximate surface area is 164 Å². The first-order valence-corrected chi connectivity index (χ1v) is 11.2. The fourth-order valence-electron chi connectivity index (χ4n) is 4.61. The molecule has 0 radical (unpaired) electrons. The molecular weight excluding hydrogens is 340 g/mol. The van der Waals surface area contributed by atoms with Gasteiger partial charge in [0.2, 0.25) is 11.8 Å². The fourth-order valence-corrected chi connectivity index (χ4v) is 4.61. The molecule has 3 fully saturated rings. The first-order valence-electron chi connectivity index (χ1n) is 11.2. The Morgan fingerprint density at radius 1 is 0.481 bits per heavy atom. The fraction of sp³-hybridized carbons (Fsp3) is 0.905. The van der Waals surface area contributed by atoms with E-state index in [1.54, 1.807) is 0 Å². The van der Waals surface area contributed by atoms with Crippen LogP contribution in [0.4, 0.5) is 0 Å². The number of carbonyl (C=O) groups is 2. The van der Waals surface area contributed by atoms with Crippen LogP contribution in [0.15, 0.2) is 0 Å². The minimum atomic E-state index is 0.267. The Bertz CT molecular complexity index is 431. The Balaban J connectivity index is 1.35. The molecule has 154 valence electrons. The molecule has 3 aliphatic rings. The molecule has 27 heavy (non-hydrogen) atoms. The molecule has 0 N–H and O–H groups in total. The van der Waals surface area contributed by atoms with E-state index in [0.29, 0.717) is 25.9 Å². The zero-order valence-electron chi connectivity index (χ0n) is 17.0. The van der Waals surface area contributed by atoms with E-state index >= 15 is 0 Å². The van der Waals surface area contributed by atoms with Gasteiger partial charge in [-0.05, 0) is 58.3 Å². The number of carbonyl (C=O) groups excluding carboxylic acids is 2. The molecule has 3 saturated heterocycles. The highest BCUT2D eigenvalue weighted by atomic mass is 16.2. The third-order valence-electron chi connectivity index (χ3n) is 6.38. The molecule has 0 aromatic carbocycles. The summed E-state index contributed by atoms with van der Waals surface area (Å²) in [5.74, 6) is 0.534. The molecule has 3 rings (SSSR count). The maximum absolute atomic E-state index is 12.6. The summed E-state index contributed by atoms with van der Waals surface area (Å²) in [7, 11) is 0. The summed E-state index contributed by atoms with van der Waals surface area (Å²) in [6.07, 6.45) is 9.91. The predicted molar refractivity (Wildman–Crippen MR) is 108 cm³/mol. The molecule has 0 spiro atoms. The molecule has 0 aromatic heterocycles. The molecule has 6 heteroatoms. The average molecular weight is 379 g/mol. The van der Waals surface area contributed by atoms with E-state index in [-0.39, 0.29) is 11.8 Å². The van der Waals surface area contributed by atoms with Crippen molar-refractivity contribution >= 4 is 11.8 Å². The molecule has 0 unspecified atom stereocenters. The van der Waals surface area contributed by atoms with Gasteiger partial charge >= 0.3 is 0 Å². The van der Waals surface area contributed by atoms with E-state index in [0.717, 1.165) is 58.8 Å². The monoisotopic (exact) mass is 378 g/mol. The molecule has 3 heterocycles. The minimum Gasteiger partial charge on any atom is -0.341 e. The van der Waals surface area contributed by atoms with Gasteiger partial charge in [-0.2, -0.15) is 0 Å². The van der Waals surface area contributed by atoms with Crippen molar-refractivity contribution in [2.75, 3.05) is 65.4 Å². The van der Waals surface area contributed by atoms with Crippen molar-refractivity contribution in [2.24, 2.45) is 0 Å². The first kappa shape index (κ1) is 20.6. The van der Waals surface area contributed by atoms with Gasteiger partial charge in [-0.15, -0.1) is 0 Å². The molecule has 3 aliphatic heterocycles. The summed E-state index contributed by atoms with van der Waals surface area (Å²) in [5, 5.41) is 0. The Kier molecular flexibility index (Phi) is 8.39. The number of hydrogen-bond donors (Lipinski definition) is 0. The van der Waals surface area contributed by atoms with Gasteiger partial charge in [0, 0.05) is 52.1 Å². The van der Waals surface area contributed by atoms with Crippen LogP contribution in [0.3, 0.4) is 0 Å². The lowest BCUT2D eigenvalue weighted by molar-refractivity contribution is -0.134. The molecule has 2 amide bonds. The van der Waals surface area contributed by atoms with Crippen molar-refractivity contribution in [3.63, 3.8) is 0 Å². The summed E-state index contributed by atoms with van der Waals surface area (Å²) in [6.45, 7) is 9.38. The Morgan fingerprint density at radius 3 is 1.30 bits per heavy atom. The van der Waals surface area contributed by atoms with E-state index in [9.17, 15) is 9.59 Å². The molecule has 0 aliphatic carbocycles. The number of piperidine rings is 2. The second kappa shape index (κ2) is 11.0. The Hall–Kier alpha value is -1.14. The van der Waals surface area contributed by atoms with Crippen molar-refractivity contribution in [3.05, 3.63) is 0 Å². The molecule has 6 nitrogen and oxygen atoms in total. The van der Waals surface area contributed by atoms with Crippen LogP contribution < -0.4 is 0 Å². The summed E-state index contributed by atoms with van der Waals surface area (Å²) < 4.78 is 0. The number of rotatable bonds is 6. The molecule has 0 atom stereocenters. The lowest BCUT2D eigenvalue weighted by Crippen LogP contribution is -2.40. The molecule has 0 bridgehead atoms. The minimum absolute atomic E-state index is 0.267. The van der Waals surface area contributed by atoms with Gasteiger partial charge in [-0.25, -0.2) is 0 Å². The standard InChI is InChI=1S/C21H38N4O2/c26-20(8-16-22-10-3-1-4-11-22)24-14-7-15-25(19-18-24)21(27)9-17-23-12-5-2-6-13-23/h1-19H2. The van der Waals surface area contributed by atoms with Crippen LogP contribution in [-0.4, -0.2) is 96.9 Å². The second-order valence-electron chi connectivity index (χ2n) is 8.42. The third-order valence-corrected chi connectivity index (χ3v) is 6.38. The number of nitrogens with zero attached hydrogens (tertiary/aromatic N) is 4. The smallest absolute Gasteiger partial charge is 0.223 e. The first-order chi connectivity index (χ1) is 13.2. The van der Waals surface area contributed by atoms with Crippen LogP contribution in [0.25, 0.3) is 0 Å². The lowest BCUT2D eigenvalue weighted by Gasteiger charge is -2.28. The highest BCUT2D eigenvalue weighted by Gasteiger charge is 2.23. The lowest BCUT2D eigenvalue weighted by atomic mass is 10.1. The third kappa shape index (κ3) is 6.75. The largest absolute Gasteiger partial charge is 0.341 e. The number of hydrogen-bond acceptors (Lipinski definition) is 4. The highest BCUT2D eigenvalue weighted by Crippen LogP contribution is 2.12. The van der Waals surface area contributed by atoms with Gasteiger partial charge in [-0.1, -0.05) is 12.8 Å². The quantitative estimate of drug-likeness (QED) is 0.707.